The third kappa shape index (κ3) is 8.41. The maximum absolute atomic E-state index is 14.2. The van der Waals surface area contributed by atoms with Crippen LogP contribution >= 0.6 is 0 Å². The van der Waals surface area contributed by atoms with Crippen LogP contribution in [0.4, 0.5) is 0 Å². The van der Waals surface area contributed by atoms with Gasteiger partial charge in [-0.3, -0.25) is 14.4 Å². The van der Waals surface area contributed by atoms with Crippen LogP contribution < -0.4 is 15.8 Å². The number of ether oxygens (including phenoxy) is 1. The van der Waals surface area contributed by atoms with Crippen LogP contribution in [0.3, 0.4) is 0 Å². The first kappa shape index (κ1) is 31.4. The van der Waals surface area contributed by atoms with Gasteiger partial charge >= 0.3 is 0 Å². The molecule has 0 aliphatic rings. The minimum absolute atomic E-state index is 0.284. The van der Waals surface area contributed by atoms with Crippen molar-refractivity contribution in [2.45, 2.75) is 50.7 Å². The van der Waals surface area contributed by atoms with Crippen molar-refractivity contribution in [3.05, 3.63) is 90.0 Å². The molecule has 41 heavy (non-hydrogen) atoms. The maximum Gasteiger partial charge on any atom is 0.246 e. The third-order valence-corrected chi connectivity index (χ3v) is 7.25. The predicted octanol–water partition coefficient (Wildman–Crippen LogP) is 3.72. The number of rotatable bonds is 12. The van der Waals surface area contributed by atoms with Gasteiger partial charge in [0.25, 0.3) is 0 Å². The van der Waals surface area contributed by atoms with Gasteiger partial charge in [-0.25, -0.2) is 0 Å². The molecule has 3 N–H and O–H groups in total. The number of carbonyl (C=O) groups excluding carboxylic acids is 3. The Bertz CT molecular complexity index is 1370. The van der Waals surface area contributed by atoms with E-state index in [2.05, 4.69) is 5.32 Å². The van der Waals surface area contributed by atoms with Crippen LogP contribution in [-0.4, -0.2) is 73.4 Å². The molecule has 0 spiro atoms. The summed E-state index contributed by atoms with van der Waals surface area (Å²) in [4.78, 5) is 43.5. The Morgan fingerprint density at radius 1 is 0.927 bits per heavy atom. The number of carbonyl (C=O) groups is 3. The van der Waals surface area contributed by atoms with E-state index < -0.39 is 17.6 Å². The molecular weight excluding hydrogens is 516 g/mol. The van der Waals surface area contributed by atoms with Crippen molar-refractivity contribution in [3.63, 3.8) is 0 Å². The highest BCUT2D eigenvalue weighted by Gasteiger charge is 2.34. The molecule has 0 aliphatic carbocycles. The van der Waals surface area contributed by atoms with Crippen molar-refractivity contribution < 1.29 is 19.1 Å². The first-order valence-corrected chi connectivity index (χ1v) is 13.7. The highest BCUT2D eigenvalue weighted by atomic mass is 16.5. The number of fused-ring (bicyclic) bond motifs is 1. The van der Waals surface area contributed by atoms with Gasteiger partial charge in [0, 0.05) is 39.5 Å². The van der Waals surface area contributed by atoms with Gasteiger partial charge in [-0.15, -0.1) is 0 Å². The fraction of sp³-hybridized carbons (Fsp3) is 0.364. The van der Waals surface area contributed by atoms with Crippen LogP contribution in [0, 0.1) is 0 Å². The Morgan fingerprint density at radius 2 is 1.59 bits per heavy atom. The molecule has 2 atom stereocenters. The van der Waals surface area contributed by atoms with E-state index in [9.17, 15) is 14.4 Å². The normalized spacial score (nSPS) is 13.0. The zero-order valence-corrected chi connectivity index (χ0v) is 24.9. The SMILES string of the molecule is CNC(=O)[C@@H](Cc1ccc(OC)cc1)N(C)C(=O)[C@@H](Cc1cccc2ccccc12)N(C)C(=O)C=CCC(C)(C)N. The summed E-state index contributed by atoms with van der Waals surface area (Å²) in [5.74, 6) is -0.230. The van der Waals surface area contributed by atoms with Crippen molar-refractivity contribution in [2.75, 3.05) is 28.3 Å². The summed E-state index contributed by atoms with van der Waals surface area (Å²) in [6.45, 7) is 3.77. The van der Waals surface area contributed by atoms with Crippen LogP contribution in [0.25, 0.3) is 10.8 Å². The van der Waals surface area contributed by atoms with E-state index in [1.165, 1.54) is 15.9 Å². The van der Waals surface area contributed by atoms with Gasteiger partial charge in [0.15, 0.2) is 0 Å². The molecule has 0 unspecified atom stereocenters. The van der Waals surface area contributed by atoms with Gasteiger partial charge < -0.3 is 25.6 Å². The number of amides is 3. The molecule has 0 aromatic heterocycles. The molecule has 218 valence electrons. The summed E-state index contributed by atoms with van der Waals surface area (Å²) < 4.78 is 5.25. The molecule has 8 nitrogen and oxygen atoms in total. The van der Waals surface area contributed by atoms with Crippen LogP contribution in [0.2, 0.25) is 0 Å². The van der Waals surface area contributed by atoms with E-state index in [-0.39, 0.29) is 24.1 Å². The number of nitrogens with one attached hydrogen (secondary N) is 1. The molecule has 0 saturated heterocycles. The number of methoxy groups -OCH3 is 1. The lowest BCUT2D eigenvalue weighted by molar-refractivity contribution is -0.146. The Hall–Kier alpha value is -4.17. The highest BCUT2D eigenvalue weighted by molar-refractivity contribution is 5.95. The lowest BCUT2D eigenvalue weighted by Crippen LogP contribution is -2.55. The van der Waals surface area contributed by atoms with Gasteiger partial charge in [-0.1, -0.05) is 60.7 Å². The van der Waals surface area contributed by atoms with E-state index in [0.717, 1.165) is 21.9 Å². The van der Waals surface area contributed by atoms with Crippen LogP contribution in [0.1, 0.15) is 31.4 Å². The number of hydrogen-bond donors (Lipinski definition) is 2. The molecule has 8 heteroatoms. The van der Waals surface area contributed by atoms with Crippen molar-refractivity contribution in [2.24, 2.45) is 5.73 Å². The second-order valence-electron chi connectivity index (χ2n) is 11.0. The zero-order valence-electron chi connectivity index (χ0n) is 24.9. The number of likely N-dealkylation sites (N-methyl/N-ethyl adjacent to an activating group) is 3. The number of nitrogens with two attached hydrogens (primary N) is 1. The Balaban J connectivity index is 1.96. The molecule has 0 fully saturated rings. The lowest BCUT2D eigenvalue weighted by Gasteiger charge is -2.34. The Labute approximate surface area is 243 Å². The average Bonchev–Trinajstić information content (AvgIpc) is 2.96. The first-order valence-electron chi connectivity index (χ1n) is 13.7. The smallest absolute Gasteiger partial charge is 0.246 e. The van der Waals surface area contributed by atoms with E-state index in [1.807, 2.05) is 80.6 Å². The van der Waals surface area contributed by atoms with Crippen LogP contribution in [-0.2, 0) is 27.2 Å². The quantitative estimate of drug-likeness (QED) is 0.330. The minimum Gasteiger partial charge on any atom is -0.497 e. The number of benzene rings is 3. The number of hydrogen-bond acceptors (Lipinski definition) is 5. The molecule has 0 heterocycles. The third-order valence-electron chi connectivity index (χ3n) is 7.25. The second kappa shape index (κ2) is 13.9. The van der Waals surface area contributed by atoms with Crippen LogP contribution in [0.15, 0.2) is 78.9 Å². The van der Waals surface area contributed by atoms with Gasteiger partial charge in [0.1, 0.15) is 17.8 Å². The predicted molar refractivity (Wildman–Crippen MR) is 164 cm³/mol. The summed E-state index contributed by atoms with van der Waals surface area (Å²) >= 11 is 0. The molecule has 0 bridgehead atoms. The summed E-state index contributed by atoms with van der Waals surface area (Å²) in [5.41, 5.74) is 7.43. The van der Waals surface area contributed by atoms with Gasteiger partial charge in [-0.05, 0) is 60.4 Å². The zero-order chi connectivity index (χ0) is 30.2. The average molecular weight is 559 g/mol. The summed E-state index contributed by atoms with van der Waals surface area (Å²) in [6, 6.07) is 19.7. The van der Waals surface area contributed by atoms with Gasteiger partial charge in [0.2, 0.25) is 17.7 Å². The van der Waals surface area contributed by atoms with E-state index in [4.69, 9.17) is 10.5 Å². The van der Waals surface area contributed by atoms with E-state index in [1.54, 1.807) is 34.3 Å². The molecule has 0 aliphatic heterocycles. The second-order valence-corrected chi connectivity index (χ2v) is 11.0. The van der Waals surface area contributed by atoms with Crippen molar-refractivity contribution >= 4 is 28.5 Å². The largest absolute Gasteiger partial charge is 0.497 e. The summed E-state index contributed by atoms with van der Waals surface area (Å²) in [6.07, 6.45) is 4.29. The first-order chi connectivity index (χ1) is 19.4. The molecule has 3 rings (SSSR count). The van der Waals surface area contributed by atoms with E-state index in [0.29, 0.717) is 18.6 Å². The molecular formula is C33H42N4O4. The van der Waals surface area contributed by atoms with E-state index >= 15 is 0 Å². The lowest BCUT2D eigenvalue weighted by atomic mass is 9.96. The maximum atomic E-state index is 14.2. The topological polar surface area (TPSA) is 105 Å². The van der Waals surface area contributed by atoms with Crippen molar-refractivity contribution in [1.29, 1.82) is 0 Å². The minimum atomic E-state index is -0.850. The van der Waals surface area contributed by atoms with Crippen LogP contribution in [0.5, 0.6) is 5.75 Å². The van der Waals surface area contributed by atoms with Crippen molar-refractivity contribution in [3.8, 4) is 5.75 Å². The molecule has 0 radical (unpaired) electrons. The van der Waals surface area contributed by atoms with Gasteiger partial charge in [-0.2, -0.15) is 0 Å². The monoisotopic (exact) mass is 558 g/mol. The molecule has 3 amide bonds. The molecule has 3 aromatic carbocycles. The summed E-state index contributed by atoms with van der Waals surface area (Å²) in [5, 5.41) is 4.75. The van der Waals surface area contributed by atoms with Gasteiger partial charge in [0.05, 0.1) is 7.11 Å². The summed E-state index contributed by atoms with van der Waals surface area (Å²) in [7, 11) is 6.39. The highest BCUT2D eigenvalue weighted by Crippen LogP contribution is 2.23. The molecule has 3 aromatic rings. The molecule has 0 saturated carbocycles. The standard InChI is InChI=1S/C33H42N4O4/c1-33(2,34)20-10-15-30(38)36(4)29(22-25-13-9-12-24-11-7-8-14-27(24)25)32(40)37(5)28(31(39)35-3)21-23-16-18-26(41-6)19-17-23/h7-19,28-29H,20-22,34H2,1-6H3,(H,35,39)/t28-,29-/m1/s1. The number of nitrogens with zero attached hydrogens (tertiary/aromatic N) is 2. The fourth-order valence-corrected chi connectivity index (χ4v) is 4.75. The Morgan fingerprint density at radius 3 is 2.22 bits per heavy atom. The van der Waals surface area contributed by atoms with Crippen molar-refractivity contribution in [1.82, 2.24) is 15.1 Å². The fourth-order valence-electron chi connectivity index (χ4n) is 4.75. The Kier molecular flexibility index (Phi) is 10.7.